The van der Waals surface area contributed by atoms with Crippen LogP contribution in [0.2, 0.25) is 0 Å². The van der Waals surface area contributed by atoms with Crippen molar-refractivity contribution in [2.45, 2.75) is 24.7 Å². The van der Waals surface area contributed by atoms with Crippen LogP contribution in [0.25, 0.3) is 0 Å². The van der Waals surface area contributed by atoms with Crippen molar-refractivity contribution in [3.63, 3.8) is 0 Å². The number of hydrogen-bond donors (Lipinski definition) is 2. The summed E-state index contributed by atoms with van der Waals surface area (Å²) in [5.74, 6) is 1.63. The van der Waals surface area contributed by atoms with E-state index in [9.17, 15) is 8.42 Å². The van der Waals surface area contributed by atoms with Crippen LogP contribution >= 0.6 is 0 Å². The number of aryl methyl sites for hydroxylation is 1. The lowest BCUT2D eigenvalue weighted by atomic mass is 10.1. The van der Waals surface area contributed by atoms with Gasteiger partial charge in [0.1, 0.15) is 5.75 Å². The quantitative estimate of drug-likeness (QED) is 0.522. The van der Waals surface area contributed by atoms with Crippen LogP contribution in [0.3, 0.4) is 0 Å². The Labute approximate surface area is 168 Å². The number of sulfone groups is 1. The number of aliphatic imine (C=N–C) groups is 1. The normalized spacial score (nSPS) is 11.9. The van der Waals surface area contributed by atoms with E-state index in [2.05, 4.69) is 28.6 Å². The molecule has 0 saturated carbocycles. The zero-order valence-corrected chi connectivity index (χ0v) is 17.8. The third-order valence-corrected chi connectivity index (χ3v) is 5.53. The van der Waals surface area contributed by atoms with Crippen molar-refractivity contribution in [2.24, 2.45) is 4.99 Å². The van der Waals surface area contributed by atoms with Gasteiger partial charge in [0.25, 0.3) is 0 Å². The SMILES string of the molecule is CN=C(NCCc1ccc(S(C)(=O)=O)cc1)NCCc1cc(C)ccc1OC. The van der Waals surface area contributed by atoms with Gasteiger partial charge in [-0.15, -0.1) is 0 Å². The second kappa shape index (κ2) is 10.1. The molecule has 0 aliphatic heterocycles. The lowest BCUT2D eigenvalue weighted by molar-refractivity contribution is 0.409. The molecule has 0 aromatic heterocycles. The maximum Gasteiger partial charge on any atom is 0.190 e. The lowest BCUT2D eigenvalue weighted by Crippen LogP contribution is -2.39. The second-order valence-corrected chi connectivity index (χ2v) is 8.67. The van der Waals surface area contributed by atoms with E-state index in [4.69, 9.17) is 4.74 Å². The molecule has 0 spiro atoms. The van der Waals surface area contributed by atoms with E-state index in [0.717, 1.165) is 42.2 Å². The van der Waals surface area contributed by atoms with Crippen LogP contribution in [0.15, 0.2) is 52.4 Å². The minimum absolute atomic E-state index is 0.341. The number of benzene rings is 2. The van der Waals surface area contributed by atoms with Gasteiger partial charge in [0.2, 0.25) is 0 Å². The highest BCUT2D eigenvalue weighted by atomic mass is 32.2. The standard InChI is InChI=1S/C21H29N3O3S/c1-16-5-10-20(27-3)18(15-16)12-14-24-21(22-2)23-13-11-17-6-8-19(9-7-17)28(4,25)26/h5-10,15H,11-14H2,1-4H3,(H2,22,23,24). The molecule has 152 valence electrons. The smallest absolute Gasteiger partial charge is 0.190 e. The van der Waals surface area contributed by atoms with Crippen LogP contribution in [0, 0.1) is 6.92 Å². The summed E-state index contributed by atoms with van der Waals surface area (Å²) in [6, 6.07) is 13.2. The number of ether oxygens (including phenoxy) is 1. The van der Waals surface area contributed by atoms with E-state index in [-0.39, 0.29) is 0 Å². The van der Waals surface area contributed by atoms with Gasteiger partial charge in [-0.3, -0.25) is 4.99 Å². The molecule has 2 N–H and O–H groups in total. The predicted octanol–water partition coefficient (Wildman–Crippen LogP) is 2.36. The maximum absolute atomic E-state index is 11.5. The first-order valence-electron chi connectivity index (χ1n) is 9.20. The molecule has 6 nitrogen and oxygen atoms in total. The molecule has 2 rings (SSSR count). The molecule has 0 amide bonds. The monoisotopic (exact) mass is 403 g/mol. The highest BCUT2D eigenvalue weighted by Gasteiger charge is 2.07. The topological polar surface area (TPSA) is 79.8 Å². The fourth-order valence-electron chi connectivity index (χ4n) is 2.87. The molecule has 7 heteroatoms. The van der Waals surface area contributed by atoms with E-state index >= 15 is 0 Å². The number of methoxy groups -OCH3 is 1. The molecular weight excluding hydrogens is 374 g/mol. The van der Waals surface area contributed by atoms with Crippen molar-refractivity contribution in [3.05, 3.63) is 59.2 Å². The van der Waals surface area contributed by atoms with Gasteiger partial charge in [0.05, 0.1) is 12.0 Å². The van der Waals surface area contributed by atoms with Gasteiger partial charge < -0.3 is 15.4 Å². The van der Waals surface area contributed by atoms with Crippen molar-refractivity contribution in [1.82, 2.24) is 10.6 Å². The number of rotatable bonds is 8. The first-order valence-corrected chi connectivity index (χ1v) is 11.1. The van der Waals surface area contributed by atoms with E-state index < -0.39 is 9.84 Å². The Bertz CT molecular complexity index is 907. The van der Waals surface area contributed by atoms with Gasteiger partial charge in [0, 0.05) is 26.4 Å². The highest BCUT2D eigenvalue weighted by molar-refractivity contribution is 7.90. The van der Waals surface area contributed by atoms with Gasteiger partial charge in [-0.1, -0.05) is 29.8 Å². The largest absolute Gasteiger partial charge is 0.496 e. The van der Waals surface area contributed by atoms with Crippen molar-refractivity contribution in [3.8, 4) is 5.75 Å². The molecule has 0 heterocycles. The van der Waals surface area contributed by atoms with Crippen LogP contribution in [-0.4, -0.2) is 47.9 Å². The first kappa shape index (κ1) is 21.8. The molecule has 2 aromatic carbocycles. The Kier molecular flexibility index (Phi) is 7.87. The van der Waals surface area contributed by atoms with E-state index in [1.165, 1.54) is 11.8 Å². The van der Waals surface area contributed by atoms with Gasteiger partial charge >= 0.3 is 0 Å². The van der Waals surface area contributed by atoms with Crippen LogP contribution < -0.4 is 15.4 Å². The van der Waals surface area contributed by atoms with E-state index in [0.29, 0.717) is 11.4 Å². The number of nitrogens with one attached hydrogen (secondary N) is 2. The molecule has 0 aliphatic rings. The Morgan fingerprint density at radius 1 is 1.04 bits per heavy atom. The average molecular weight is 404 g/mol. The van der Waals surface area contributed by atoms with Gasteiger partial charge in [-0.25, -0.2) is 8.42 Å². The number of nitrogens with zero attached hydrogens (tertiary/aromatic N) is 1. The summed E-state index contributed by atoms with van der Waals surface area (Å²) in [7, 11) is 0.272. The Morgan fingerprint density at radius 2 is 1.68 bits per heavy atom. The third kappa shape index (κ3) is 6.56. The minimum atomic E-state index is -3.15. The number of hydrogen-bond acceptors (Lipinski definition) is 4. The van der Waals surface area contributed by atoms with Crippen LogP contribution in [0.1, 0.15) is 16.7 Å². The highest BCUT2D eigenvalue weighted by Crippen LogP contribution is 2.19. The molecule has 0 bridgehead atoms. The zero-order valence-electron chi connectivity index (χ0n) is 17.0. The summed E-state index contributed by atoms with van der Waals surface area (Å²) in [6.07, 6.45) is 2.82. The van der Waals surface area contributed by atoms with Gasteiger partial charge in [0.15, 0.2) is 15.8 Å². The second-order valence-electron chi connectivity index (χ2n) is 6.66. The lowest BCUT2D eigenvalue weighted by Gasteiger charge is -2.13. The summed E-state index contributed by atoms with van der Waals surface area (Å²) in [4.78, 5) is 4.58. The van der Waals surface area contributed by atoms with Gasteiger partial charge in [-0.2, -0.15) is 0 Å². The Balaban J connectivity index is 1.80. The summed E-state index contributed by atoms with van der Waals surface area (Å²) in [6.45, 7) is 3.51. The molecule has 0 atom stereocenters. The van der Waals surface area contributed by atoms with Crippen molar-refractivity contribution >= 4 is 15.8 Å². The van der Waals surface area contributed by atoms with Crippen molar-refractivity contribution < 1.29 is 13.2 Å². The number of guanidine groups is 1. The van der Waals surface area contributed by atoms with E-state index in [1.54, 1.807) is 26.3 Å². The Morgan fingerprint density at radius 3 is 2.25 bits per heavy atom. The zero-order chi connectivity index (χ0) is 20.6. The summed E-state index contributed by atoms with van der Waals surface area (Å²) < 4.78 is 28.4. The fraction of sp³-hybridized carbons (Fsp3) is 0.381. The summed E-state index contributed by atoms with van der Waals surface area (Å²) >= 11 is 0. The summed E-state index contributed by atoms with van der Waals surface area (Å²) in [5, 5.41) is 6.59. The molecule has 0 radical (unpaired) electrons. The van der Waals surface area contributed by atoms with Gasteiger partial charge in [-0.05, 0) is 49.1 Å². The van der Waals surface area contributed by atoms with Crippen LogP contribution in [-0.2, 0) is 22.7 Å². The third-order valence-electron chi connectivity index (χ3n) is 4.40. The van der Waals surface area contributed by atoms with Crippen LogP contribution in [0.5, 0.6) is 5.75 Å². The van der Waals surface area contributed by atoms with Crippen LogP contribution in [0.4, 0.5) is 0 Å². The maximum atomic E-state index is 11.5. The first-order chi connectivity index (χ1) is 13.3. The molecule has 0 aliphatic carbocycles. The summed E-state index contributed by atoms with van der Waals surface area (Å²) in [5.41, 5.74) is 3.44. The van der Waals surface area contributed by atoms with E-state index in [1.807, 2.05) is 24.3 Å². The minimum Gasteiger partial charge on any atom is -0.496 e. The molecular formula is C21H29N3O3S. The van der Waals surface area contributed by atoms with Crippen molar-refractivity contribution in [2.75, 3.05) is 33.5 Å². The molecule has 2 aromatic rings. The fourth-order valence-corrected chi connectivity index (χ4v) is 3.50. The Hall–Kier alpha value is -2.54. The predicted molar refractivity (Wildman–Crippen MR) is 114 cm³/mol. The average Bonchev–Trinajstić information content (AvgIpc) is 2.66. The van der Waals surface area contributed by atoms with Crippen molar-refractivity contribution in [1.29, 1.82) is 0 Å². The molecule has 0 unspecified atom stereocenters. The molecule has 0 fully saturated rings. The molecule has 28 heavy (non-hydrogen) atoms. The molecule has 0 saturated heterocycles.